The van der Waals surface area contributed by atoms with Crippen LogP contribution in [-0.4, -0.2) is 0 Å². The summed E-state index contributed by atoms with van der Waals surface area (Å²) in [6, 6.07) is 40.8. The van der Waals surface area contributed by atoms with E-state index in [0.29, 0.717) is 0 Å². The van der Waals surface area contributed by atoms with E-state index in [1.54, 1.807) is 0 Å². The molecule has 0 aliphatic rings. The summed E-state index contributed by atoms with van der Waals surface area (Å²) in [5.74, 6) is 0. The lowest BCUT2D eigenvalue weighted by Gasteiger charge is -2.28. The van der Waals surface area contributed by atoms with Crippen LogP contribution in [0.3, 0.4) is 0 Å². The van der Waals surface area contributed by atoms with Crippen molar-refractivity contribution in [3.8, 4) is 0 Å². The van der Waals surface area contributed by atoms with Crippen LogP contribution in [0.25, 0.3) is 0 Å². The van der Waals surface area contributed by atoms with Gasteiger partial charge in [-0.2, -0.15) is 0 Å². The van der Waals surface area contributed by atoms with Crippen molar-refractivity contribution in [2.45, 2.75) is 6.16 Å². The van der Waals surface area contributed by atoms with E-state index in [0.717, 1.165) is 11.2 Å². The zero-order valence-electron chi connectivity index (χ0n) is 15.0. The monoisotopic (exact) mass is 387 g/mol. The maximum absolute atomic E-state index is 6.80. The van der Waals surface area contributed by atoms with E-state index in [1.165, 1.54) is 21.5 Å². The molecular weight excluding hydrogens is 367 g/mol. The molecule has 4 rings (SSSR count). The molecule has 0 bridgehead atoms. The van der Waals surface area contributed by atoms with Gasteiger partial charge in [-0.3, -0.25) is 0 Å². The smallest absolute Gasteiger partial charge is 0.0800 e. The molecular formula is C25H21ClP+. The lowest BCUT2D eigenvalue weighted by Crippen LogP contribution is -2.33. The second-order valence-corrected chi connectivity index (χ2v) is 10.4. The Kier molecular flexibility index (Phi) is 5.39. The Morgan fingerprint density at radius 2 is 0.963 bits per heavy atom. The van der Waals surface area contributed by atoms with Crippen LogP contribution in [0.1, 0.15) is 5.56 Å². The molecule has 0 fully saturated rings. The number of hydrogen-bond acceptors (Lipinski definition) is 0. The third-order valence-electron chi connectivity index (χ3n) is 4.92. The topological polar surface area (TPSA) is 0 Å². The Balaban J connectivity index is 2.04. The van der Waals surface area contributed by atoms with Gasteiger partial charge in [-0.05, 0) is 42.0 Å². The van der Waals surface area contributed by atoms with Crippen molar-refractivity contribution in [1.82, 2.24) is 0 Å². The lowest BCUT2D eigenvalue weighted by molar-refractivity contribution is 1.39. The quantitative estimate of drug-likeness (QED) is 0.378. The van der Waals surface area contributed by atoms with Crippen molar-refractivity contribution in [3.63, 3.8) is 0 Å². The minimum absolute atomic E-state index is 0.842. The molecule has 0 nitrogen and oxygen atoms in total. The fraction of sp³-hybridized carbons (Fsp3) is 0.0400. The first-order valence-electron chi connectivity index (χ1n) is 9.09. The van der Waals surface area contributed by atoms with Gasteiger partial charge in [0.05, 0.1) is 11.2 Å². The van der Waals surface area contributed by atoms with Crippen molar-refractivity contribution in [3.05, 3.63) is 126 Å². The second-order valence-electron chi connectivity index (χ2n) is 6.58. The van der Waals surface area contributed by atoms with Crippen LogP contribution in [0.4, 0.5) is 0 Å². The van der Waals surface area contributed by atoms with Crippen molar-refractivity contribution in [2.24, 2.45) is 0 Å². The van der Waals surface area contributed by atoms with Crippen molar-refractivity contribution in [1.29, 1.82) is 0 Å². The maximum atomic E-state index is 6.80. The van der Waals surface area contributed by atoms with Crippen LogP contribution in [0.2, 0.25) is 5.02 Å². The highest BCUT2D eigenvalue weighted by molar-refractivity contribution is 7.95. The molecule has 0 aliphatic carbocycles. The molecule has 0 aliphatic heterocycles. The van der Waals surface area contributed by atoms with Gasteiger partial charge in [0.1, 0.15) is 23.2 Å². The summed E-state index contributed by atoms with van der Waals surface area (Å²) in [4.78, 5) is 0. The lowest BCUT2D eigenvalue weighted by atomic mass is 10.2. The zero-order chi connectivity index (χ0) is 18.5. The highest BCUT2D eigenvalue weighted by Gasteiger charge is 2.46. The van der Waals surface area contributed by atoms with Gasteiger partial charge in [-0.25, -0.2) is 0 Å². The van der Waals surface area contributed by atoms with E-state index in [1.807, 2.05) is 12.1 Å². The SMILES string of the molecule is Clc1ccccc1[P+](Cc1ccccc1)(c1ccccc1)c1ccccc1. The van der Waals surface area contributed by atoms with Gasteiger partial charge in [0.2, 0.25) is 0 Å². The maximum Gasteiger partial charge on any atom is 0.123 e. The minimum atomic E-state index is -1.94. The van der Waals surface area contributed by atoms with E-state index >= 15 is 0 Å². The molecule has 4 aromatic carbocycles. The average molecular weight is 388 g/mol. The van der Waals surface area contributed by atoms with Crippen LogP contribution < -0.4 is 15.9 Å². The molecule has 0 atom stereocenters. The summed E-state index contributed by atoms with van der Waals surface area (Å²) in [5, 5.41) is 4.80. The number of hydrogen-bond donors (Lipinski definition) is 0. The van der Waals surface area contributed by atoms with Crippen molar-refractivity contribution >= 4 is 34.8 Å². The van der Waals surface area contributed by atoms with Gasteiger partial charge < -0.3 is 0 Å². The highest BCUT2D eigenvalue weighted by Crippen LogP contribution is 2.59. The summed E-state index contributed by atoms with van der Waals surface area (Å²) in [5.41, 5.74) is 1.33. The number of rotatable bonds is 5. The summed E-state index contributed by atoms with van der Waals surface area (Å²) < 4.78 is 0. The van der Waals surface area contributed by atoms with E-state index in [2.05, 4.69) is 103 Å². The largest absolute Gasteiger partial charge is 0.123 e. The Morgan fingerprint density at radius 1 is 0.519 bits per heavy atom. The minimum Gasteiger partial charge on any atom is -0.0800 e. The molecule has 0 radical (unpaired) electrons. The molecule has 27 heavy (non-hydrogen) atoms. The van der Waals surface area contributed by atoms with Gasteiger partial charge in [-0.15, -0.1) is 0 Å². The fourth-order valence-corrected chi connectivity index (χ4v) is 8.54. The first-order valence-corrected chi connectivity index (χ1v) is 11.4. The standard InChI is InChI=1S/C25H21ClP/c26-24-18-10-11-19-25(24)27(22-14-6-2-7-15-22,23-16-8-3-9-17-23)20-21-12-4-1-5-13-21/h1-19H,20H2/q+1. The van der Waals surface area contributed by atoms with E-state index in [9.17, 15) is 0 Å². The van der Waals surface area contributed by atoms with E-state index in [-0.39, 0.29) is 0 Å². The van der Waals surface area contributed by atoms with E-state index < -0.39 is 7.26 Å². The first kappa shape index (κ1) is 18.0. The molecule has 0 spiro atoms. The Labute approximate surface area is 166 Å². The van der Waals surface area contributed by atoms with Crippen LogP contribution in [-0.2, 0) is 6.16 Å². The van der Waals surface area contributed by atoms with Crippen LogP contribution in [0, 0.1) is 0 Å². The molecule has 0 N–H and O–H groups in total. The van der Waals surface area contributed by atoms with Gasteiger partial charge in [-0.1, -0.05) is 90.5 Å². The Morgan fingerprint density at radius 3 is 1.48 bits per heavy atom. The molecule has 0 heterocycles. The summed E-state index contributed by atoms with van der Waals surface area (Å²) in [7, 11) is -1.94. The molecule has 0 amide bonds. The Hall–Kier alpha value is -2.40. The summed E-state index contributed by atoms with van der Waals surface area (Å²) >= 11 is 6.80. The molecule has 0 unspecified atom stereocenters. The second kappa shape index (κ2) is 8.09. The molecule has 2 heteroatoms. The Bertz CT molecular complexity index is 958. The van der Waals surface area contributed by atoms with Crippen LogP contribution in [0.15, 0.2) is 115 Å². The van der Waals surface area contributed by atoms with Gasteiger partial charge in [0.15, 0.2) is 0 Å². The zero-order valence-corrected chi connectivity index (χ0v) is 16.7. The number of halogens is 1. The normalized spacial score (nSPS) is 11.3. The number of benzene rings is 4. The average Bonchev–Trinajstić information content (AvgIpc) is 2.75. The predicted molar refractivity (Wildman–Crippen MR) is 120 cm³/mol. The molecule has 0 saturated heterocycles. The molecule has 0 saturated carbocycles. The summed E-state index contributed by atoms with van der Waals surface area (Å²) in [6.45, 7) is 0. The first-order chi connectivity index (χ1) is 13.3. The van der Waals surface area contributed by atoms with Gasteiger partial charge in [0.25, 0.3) is 0 Å². The molecule has 132 valence electrons. The van der Waals surface area contributed by atoms with Gasteiger partial charge >= 0.3 is 0 Å². The third-order valence-corrected chi connectivity index (χ3v) is 9.79. The highest BCUT2D eigenvalue weighted by atomic mass is 35.5. The van der Waals surface area contributed by atoms with Crippen molar-refractivity contribution in [2.75, 3.05) is 0 Å². The fourth-order valence-electron chi connectivity index (χ4n) is 3.68. The summed E-state index contributed by atoms with van der Waals surface area (Å²) in [6.07, 6.45) is 0.950. The van der Waals surface area contributed by atoms with E-state index in [4.69, 9.17) is 11.6 Å². The van der Waals surface area contributed by atoms with Crippen molar-refractivity contribution < 1.29 is 0 Å². The van der Waals surface area contributed by atoms with Gasteiger partial charge in [0, 0.05) is 0 Å². The molecule has 4 aromatic rings. The van der Waals surface area contributed by atoms with Crippen LogP contribution in [0.5, 0.6) is 0 Å². The third kappa shape index (κ3) is 3.56. The van der Waals surface area contributed by atoms with Crippen LogP contribution >= 0.6 is 18.9 Å². The molecule has 0 aromatic heterocycles. The predicted octanol–water partition coefficient (Wildman–Crippen LogP) is 5.83.